The molecule has 2 aromatic rings. The van der Waals surface area contributed by atoms with Gasteiger partial charge in [-0.1, -0.05) is 13.8 Å². The molecule has 1 aromatic heterocycles. The third-order valence-electron chi connectivity index (χ3n) is 3.95. The zero-order valence-corrected chi connectivity index (χ0v) is 17.9. The van der Waals surface area contributed by atoms with E-state index in [0.29, 0.717) is 18.3 Å². The van der Waals surface area contributed by atoms with Crippen molar-refractivity contribution in [2.24, 2.45) is 5.73 Å². The third-order valence-corrected chi connectivity index (χ3v) is 4.70. The lowest BCUT2D eigenvalue weighted by Gasteiger charge is -2.10. The van der Waals surface area contributed by atoms with Crippen molar-refractivity contribution in [3.63, 3.8) is 0 Å². The first-order chi connectivity index (χ1) is 14.3. The summed E-state index contributed by atoms with van der Waals surface area (Å²) in [7, 11) is 1.44. The number of methoxy groups -OCH3 is 1. The summed E-state index contributed by atoms with van der Waals surface area (Å²) in [5.41, 5.74) is 5.60. The van der Waals surface area contributed by atoms with Crippen molar-refractivity contribution < 1.29 is 23.5 Å². The van der Waals surface area contributed by atoms with Gasteiger partial charge in [0.15, 0.2) is 0 Å². The van der Waals surface area contributed by atoms with Gasteiger partial charge in [-0.15, -0.1) is 0 Å². The highest BCUT2D eigenvalue weighted by molar-refractivity contribution is 7.11. The number of nitrogens with two attached hydrogens (primary N) is 1. The number of ether oxygens (including phenoxy) is 2. The number of carbonyl (C=O) groups is 2. The van der Waals surface area contributed by atoms with Gasteiger partial charge >= 0.3 is 6.03 Å². The minimum atomic E-state index is -0.814. The molecule has 164 valence electrons. The van der Waals surface area contributed by atoms with E-state index >= 15 is 0 Å². The summed E-state index contributed by atoms with van der Waals surface area (Å²) in [6.07, 6.45) is 0.749. The minimum Gasteiger partial charge on any atom is -0.497 e. The molecule has 0 aliphatic heterocycles. The second kappa shape index (κ2) is 11.3. The molecule has 0 radical (unpaired) electrons. The van der Waals surface area contributed by atoms with Gasteiger partial charge in [-0.2, -0.15) is 4.37 Å². The SMILES string of the molecule is COc1ccc(COc2nsc(NC(=O)NCCCNC(C)C)c2C(N)=O)c(F)c1. The molecule has 1 aromatic carbocycles. The van der Waals surface area contributed by atoms with Crippen molar-refractivity contribution in [3.8, 4) is 11.6 Å². The number of nitrogens with zero attached hydrogens (tertiary/aromatic N) is 1. The monoisotopic (exact) mass is 439 g/mol. The minimum absolute atomic E-state index is 0.0643. The summed E-state index contributed by atoms with van der Waals surface area (Å²) >= 11 is 0.852. The predicted molar refractivity (Wildman–Crippen MR) is 113 cm³/mol. The Morgan fingerprint density at radius 1 is 1.30 bits per heavy atom. The van der Waals surface area contributed by atoms with Crippen molar-refractivity contribution in [2.45, 2.75) is 32.9 Å². The van der Waals surface area contributed by atoms with Gasteiger partial charge in [-0.05, 0) is 36.6 Å². The summed E-state index contributed by atoms with van der Waals surface area (Å²) in [5, 5.41) is 8.64. The summed E-state index contributed by atoms with van der Waals surface area (Å²) in [6.45, 7) is 5.13. The Bertz CT molecular complexity index is 875. The normalized spacial score (nSPS) is 10.7. The molecule has 0 spiro atoms. The van der Waals surface area contributed by atoms with Gasteiger partial charge in [0.1, 0.15) is 28.7 Å². The number of nitrogens with one attached hydrogen (secondary N) is 3. The average molecular weight is 440 g/mol. The molecule has 9 nitrogen and oxygen atoms in total. The maximum atomic E-state index is 14.1. The van der Waals surface area contributed by atoms with Crippen LogP contribution in [-0.2, 0) is 6.61 Å². The number of halogens is 1. The average Bonchev–Trinajstić information content (AvgIpc) is 3.09. The lowest BCUT2D eigenvalue weighted by atomic mass is 10.2. The Balaban J connectivity index is 1.96. The largest absolute Gasteiger partial charge is 0.497 e. The second-order valence-electron chi connectivity index (χ2n) is 6.65. The molecule has 3 amide bonds. The Kier molecular flexibility index (Phi) is 8.81. The standard InChI is InChI=1S/C19H26FN5O4S/c1-11(2)22-7-4-8-23-19(27)24-18-15(16(21)26)17(25-30-18)29-10-12-5-6-13(28-3)9-14(12)20/h5-6,9,11,22H,4,7-8,10H2,1-3H3,(H2,21,26)(H2,23,24,27). The number of hydrogen-bond donors (Lipinski definition) is 4. The van der Waals surface area contributed by atoms with Crippen molar-refractivity contribution in [1.82, 2.24) is 15.0 Å². The molecule has 0 aliphatic carbocycles. The maximum absolute atomic E-state index is 14.1. The first-order valence-electron chi connectivity index (χ1n) is 9.34. The van der Waals surface area contributed by atoms with E-state index in [9.17, 15) is 14.0 Å². The van der Waals surface area contributed by atoms with Crippen LogP contribution < -0.4 is 31.2 Å². The number of anilines is 1. The molecule has 0 atom stereocenters. The molecule has 1 heterocycles. The number of benzene rings is 1. The van der Waals surface area contributed by atoms with Gasteiger partial charge in [-0.3, -0.25) is 10.1 Å². The molecule has 5 N–H and O–H groups in total. The van der Waals surface area contributed by atoms with Crippen LogP contribution in [0, 0.1) is 5.82 Å². The lowest BCUT2D eigenvalue weighted by Crippen LogP contribution is -2.32. The molecular formula is C19H26FN5O4S. The fraction of sp³-hybridized carbons (Fsp3) is 0.421. The van der Waals surface area contributed by atoms with Gasteiger partial charge in [0.25, 0.3) is 5.91 Å². The molecule has 0 saturated carbocycles. The van der Waals surface area contributed by atoms with Crippen LogP contribution in [0.5, 0.6) is 11.6 Å². The van der Waals surface area contributed by atoms with Crippen molar-refractivity contribution >= 4 is 28.5 Å². The Hall–Kier alpha value is -2.92. The van der Waals surface area contributed by atoms with Crippen LogP contribution >= 0.6 is 11.5 Å². The summed E-state index contributed by atoms with van der Waals surface area (Å²) in [4.78, 5) is 23.9. The van der Waals surface area contributed by atoms with E-state index < -0.39 is 17.8 Å². The van der Waals surface area contributed by atoms with Crippen molar-refractivity contribution in [1.29, 1.82) is 0 Å². The van der Waals surface area contributed by atoms with E-state index in [2.05, 4.69) is 20.3 Å². The summed E-state index contributed by atoms with van der Waals surface area (Å²) < 4.78 is 28.5. The second-order valence-corrected chi connectivity index (χ2v) is 7.42. The van der Waals surface area contributed by atoms with E-state index in [1.807, 2.05) is 13.8 Å². The highest BCUT2D eigenvalue weighted by atomic mass is 32.1. The van der Waals surface area contributed by atoms with Crippen LogP contribution in [-0.4, -0.2) is 42.6 Å². The maximum Gasteiger partial charge on any atom is 0.319 e. The predicted octanol–water partition coefficient (Wildman–Crippen LogP) is 2.48. The van der Waals surface area contributed by atoms with Gasteiger partial charge in [0, 0.05) is 24.2 Å². The smallest absolute Gasteiger partial charge is 0.319 e. The first-order valence-corrected chi connectivity index (χ1v) is 10.1. The van der Waals surface area contributed by atoms with Crippen LogP contribution in [0.3, 0.4) is 0 Å². The fourth-order valence-electron chi connectivity index (χ4n) is 2.42. The molecule has 0 saturated heterocycles. The fourth-order valence-corrected chi connectivity index (χ4v) is 3.16. The molecule has 0 aliphatic rings. The van der Waals surface area contributed by atoms with Gasteiger partial charge in [-0.25, -0.2) is 9.18 Å². The molecule has 0 bridgehead atoms. The van der Waals surface area contributed by atoms with Crippen LogP contribution in [0.15, 0.2) is 18.2 Å². The molecule has 0 unspecified atom stereocenters. The Labute approximate surface area is 178 Å². The number of carbonyl (C=O) groups excluding carboxylic acids is 2. The van der Waals surface area contributed by atoms with Crippen LogP contribution in [0.2, 0.25) is 0 Å². The number of amides is 3. The zero-order chi connectivity index (χ0) is 22.1. The number of urea groups is 1. The van der Waals surface area contributed by atoms with E-state index in [0.717, 1.165) is 24.5 Å². The highest BCUT2D eigenvalue weighted by Crippen LogP contribution is 2.31. The molecular weight excluding hydrogens is 413 g/mol. The van der Waals surface area contributed by atoms with Crippen molar-refractivity contribution in [3.05, 3.63) is 35.1 Å². The van der Waals surface area contributed by atoms with Crippen molar-refractivity contribution in [2.75, 3.05) is 25.5 Å². The molecule has 0 fully saturated rings. The van der Waals surface area contributed by atoms with Gasteiger partial charge < -0.3 is 25.8 Å². The highest BCUT2D eigenvalue weighted by Gasteiger charge is 2.22. The number of hydrogen-bond acceptors (Lipinski definition) is 7. The van der Waals surface area contributed by atoms with Crippen LogP contribution in [0.1, 0.15) is 36.2 Å². The Morgan fingerprint density at radius 2 is 2.07 bits per heavy atom. The van der Waals surface area contributed by atoms with E-state index in [-0.39, 0.29) is 28.6 Å². The molecule has 11 heteroatoms. The van der Waals surface area contributed by atoms with E-state index in [4.69, 9.17) is 15.2 Å². The van der Waals surface area contributed by atoms with Gasteiger partial charge in [0.2, 0.25) is 5.88 Å². The number of aromatic nitrogens is 1. The third kappa shape index (κ3) is 6.85. The van der Waals surface area contributed by atoms with Gasteiger partial charge in [0.05, 0.1) is 7.11 Å². The Morgan fingerprint density at radius 3 is 2.70 bits per heavy atom. The van der Waals surface area contributed by atoms with Crippen LogP contribution in [0.4, 0.5) is 14.2 Å². The van der Waals surface area contributed by atoms with E-state index in [1.54, 1.807) is 6.07 Å². The number of primary amides is 1. The quantitative estimate of drug-likeness (QED) is 0.398. The lowest BCUT2D eigenvalue weighted by molar-refractivity contribution is 0.0996. The molecule has 2 rings (SSSR count). The summed E-state index contributed by atoms with van der Waals surface area (Å²) in [5.74, 6) is -1.03. The number of rotatable bonds is 11. The van der Waals surface area contributed by atoms with Crippen LogP contribution in [0.25, 0.3) is 0 Å². The summed E-state index contributed by atoms with van der Waals surface area (Å²) in [6, 6.07) is 4.21. The zero-order valence-electron chi connectivity index (χ0n) is 17.1. The topological polar surface area (TPSA) is 128 Å². The molecule has 30 heavy (non-hydrogen) atoms. The van der Waals surface area contributed by atoms with E-state index in [1.165, 1.54) is 19.2 Å². The first kappa shape index (κ1) is 23.4.